The van der Waals surface area contributed by atoms with Crippen LogP contribution in [-0.2, 0) is 16.9 Å². The van der Waals surface area contributed by atoms with Gasteiger partial charge in [-0.3, -0.25) is 4.79 Å². The third-order valence-electron chi connectivity index (χ3n) is 6.94. The summed E-state index contributed by atoms with van der Waals surface area (Å²) < 4.78 is 83.0. The van der Waals surface area contributed by atoms with E-state index < -0.39 is 54.5 Å². The first-order valence-electron chi connectivity index (χ1n) is 11.6. The maximum Gasteiger partial charge on any atom is 0.393 e. The summed E-state index contributed by atoms with van der Waals surface area (Å²) in [7, 11) is 0. The number of nitrogens with two attached hydrogens (primary N) is 1. The molecule has 4 rings (SSSR count). The molecular weight excluding hydrogens is 478 g/mol. The molecule has 3 N–H and O–H groups in total. The van der Waals surface area contributed by atoms with Gasteiger partial charge in [-0.25, -0.2) is 27.7 Å². The van der Waals surface area contributed by atoms with Gasteiger partial charge >= 0.3 is 6.18 Å². The van der Waals surface area contributed by atoms with Gasteiger partial charge in [0.2, 0.25) is 11.8 Å². The molecule has 7 nitrogen and oxygen atoms in total. The molecule has 0 spiro atoms. The predicted molar refractivity (Wildman–Crippen MR) is 113 cm³/mol. The van der Waals surface area contributed by atoms with Crippen LogP contribution in [0.3, 0.4) is 0 Å². The molecule has 194 valence electrons. The van der Waals surface area contributed by atoms with Gasteiger partial charge in [0, 0.05) is 31.7 Å². The standard InChI is InChI=1S/C22H28F6N6O/c1-20(2,23)17-14(8-12-7-13(22(26,27)28)9-30-18(12)35)33-34-10-15(31-19(34)32-17)16(29)11-3-5-21(24,25)6-4-11/h10-13,16H,3-9,29H2,1-2H3,(H,30,35)/t12-,13+,16+/m1/s1. The first kappa shape index (κ1) is 25.6. The minimum absolute atomic E-state index is 0.0299. The van der Waals surface area contributed by atoms with Crippen LogP contribution in [0.15, 0.2) is 6.20 Å². The molecule has 0 bridgehead atoms. The number of alkyl halides is 6. The van der Waals surface area contributed by atoms with Gasteiger partial charge in [-0.15, -0.1) is 0 Å². The van der Waals surface area contributed by atoms with Gasteiger partial charge in [-0.2, -0.15) is 18.3 Å². The molecule has 0 unspecified atom stereocenters. The van der Waals surface area contributed by atoms with Crippen molar-refractivity contribution in [2.45, 2.75) is 76.2 Å². The van der Waals surface area contributed by atoms with E-state index in [0.29, 0.717) is 5.69 Å². The number of halogens is 6. The normalized spacial score (nSPS) is 25.0. The second-order valence-electron chi connectivity index (χ2n) is 10.1. The second-order valence-corrected chi connectivity index (χ2v) is 10.1. The van der Waals surface area contributed by atoms with Crippen molar-refractivity contribution < 1.29 is 31.1 Å². The Hall–Kier alpha value is -2.44. The smallest absolute Gasteiger partial charge is 0.355 e. The number of nitrogens with zero attached hydrogens (tertiary/aromatic N) is 4. The number of amides is 1. The number of aromatic nitrogens is 4. The Balaban J connectivity index is 1.63. The Morgan fingerprint density at radius 2 is 1.86 bits per heavy atom. The van der Waals surface area contributed by atoms with Crippen LogP contribution in [0.2, 0.25) is 0 Å². The quantitative estimate of drug-likeness (QED) is 0.598. The summed E-state index contributed by atoms with van der Waals surface area (Å²) in [6.07, 6.45) is -3.74. The van der Waals surface area contributed by atoms with E-state index in [0.717, 1.165) is 0 Å². The summed E-state index contributed by atoms with van der Waals surface area (Å²) in [4.78, 5) is 20.9. The fourth-order valence-corrected chi connectivity index (χ4v) is 4.87. The van der Waals surface area contributed by atoms with Crippen LogP contribution in [0.5, 0.6) is 0 Å². The van der Waals surface area contributed by atoms with Gasteiger partial charge in [-0.05, 0) is 39.0 Å². The first-order valence-corrected chi connectivity index (χ1v) is 11.6. The Morgan fingerprint density at radius 1 is 1.20 bits per heavy atom. The van der Waals surface area contributed by atoms with E-state index >= 15 is 4.39 Å². The van der Waals surface area contributed by atoms with Crippen LogP contribution in [0.1, 0.15) is 69.1 Å². The molecule has 2 fully saturated rings. The van der Waals surface area contributed by atoms with Gasteiger partial charge in [0.1, 0.15) is 11.4 Å². The van der Waals surface area contributed by atoms with E-state index in [1.807, 2.05) is 0 Å². The van der Waals surface area contributed by atoms with E-state index in [1.54, 1.807) is 0 Å². The van der Waals surface area contributed by atoms with Crippen LogP contribution in [-0.4, -0.2) is 44.1 Å². The zero-order valence-electron chi connectivity index (χ0n) is 19.4. The molecule has 1 aliphatic carbocycles. The van der Waals surface area contributed by atoms with Crippen molar-refractivity contribution in [1.29, 1.82) is 0 Å². The zero-order valence-corrected chi connectivity index (χ0v) is 19.4. The summed E-state index contributed by atoms with van der Waals surface area (Å²) in [5, 5.41) is 6.62. The lowest BCUT2D eigenvalue weighted by Gasteiger charge is -2.31. The topological polar surface area (TPSA) is 98.2 Å². The molecule has 1 saturated heterocycles. The Kier molecular flexibility index (Phi) is 6.52. The molecule has 2 aromatic rings. The van der Waals surface area contributed by atoms with Crippen LogP contribution >= 0.6 is 0 Å². The van der Waals surface area contributed by atoms with E-state index in [1.165, 1.54) is 24.6 Å². The molecule has 1 saturated carbocycles. The Bertz CT molecular complexity index is 1080. The number of imidazole rings is 1. The van der Waals surface area contributed by atoms with Crippen molar-refractivity contribution >= 4 is 11.7 Å². The molecule has 2 aliphatic rings. The highest BCUT2D eigenvalue weighted by Gasteiger charge is 2.45. The van der Waals surface area contributed by atoms with E-state index in [2.05, 4.69) is 20.4 Å². The molecule has 13 heteroatoms. The van der Waals surface area contributed by atoms with E-state index in [4.69, 9.17) is 5.73 Å². The first-order chi connectivity index (χ1) is 16.1. The lowest BCUT2D eigenvalue weighted by molar-refractivity contribution is -0.183. The highest BCUT2D eigenvalue weighted by atomic mass is 19.4. The molecule has 2 aromatic heterocycles. The average molecular weight is 506 g/mol. The molecule has 35 heavy (non-hydrogen) atoms. The van der Waals surface area contributed by atoms with Crippen molar-refractivity contribution in [3.05, 3.63) is 23.3 Å². The van der Waals surface area contributed by atoms with Crippen molar-refractivity contribution in [1.82, 2.24) is 24.9 Å². The number of carbonyl (C=O) groups is 1. The predicted octanol–water partition coefficient (Wildman–Crippen LogP) is 4.01. The third kappa shape index (κ3) is 5.54. The van der Waals surface area contributed by atoms with Gasteiger partial charge in [0.05, 0.1) is 29.5 Å². The number of fused-ring (bicyclic) bond motifs is 1. The fourth-order valence-electron chi connectivity index (χ4n) is 4.87. The van der Waals surface area contributed by atoms with Crippen molar-refractivity contribution in [2.75, 3.05) is 6.54 Å². The number of carbonyl (C=O) groups excluding carboxylic acids is 1. The number of rotatable bonds is 5. The molecular formula is C22H28F6N6O. The Morgan fingerprint density at radius 3 is 2.46 bits per heavy atom. The number of hydrogen-bond donors (Lipinski definition) is 2. The zero-order chi connectivity index (χ0) is 25.8. The lowest BCUT2D eigenvalue weighted by Crippen LogP contribution is -2.47. The third-order valence-corrected chi connectivity index (χ3v) is 6.94. The molecule has 0 aromatic carbocycles. The maximum atomic E-state index is 15.0. The van der Waals surface area contributed by atoms with E-state index in [-0.39, 0.29) is 55.2 Å². The van der Waals surface area contributed by atoms with Crippen LogP contribution in [0.4, 0.5) is 26.3 Å². The minimum Gasteiger partial charge on any atom is -0.355 e. The second kappa shape index (κ2) is 8.90. The maximum absolute atomic E-state index is 15.0. The van der Waals surface area contributed by atoms with Gasteiger partial charge in [-0.1, -0.05) is 0 Å². The van der Waals surface area contributed by atoms with Crippen molar-refractivity contribution in [2.24, 2.45) is 23.5 Å². The van der Waals surface area contributed by atoms with Gasteiger partial charge < -0.3 is 11.1 Å². The van der Waals surface area contributed by atoms with Crippen molar-refractivity contribution in [3.63, 3.8) is 0 Å². The van der Waals surface area contributed by atoms with Crippen LogP contribution in [0.25, 0.3) is 5.78 Å². The summed E-state index contributed by atoms with van der Waals surface area (Å²) in [5.41, 5.74) is 4.55. The number of nitrogens with one attached hydrogen (secondary N) is 1. The molecule has 1 amide bonds. The summed E-state index contributed by atoms with van der Waals surface area (Å²) >= 11 is 0. The molecule has 3 atom stereocenters. The number of piperidine rings is 1. The monoisotopic (exact) mass is 506 g/mol. The Labute approximate surface area is 197 Å². The van der Waals surface area contributed by atoms with E-state index in [9.17, 15) is 26.7 Å². The number of hydrogen-bond acceptors (Lipinski definition) is 5. The summed E-state index contributed by atoms with van der Waals surface area (Å²) in [6, 6.07) is -0.656. The highest BCUT2D eigenvalue weighted by Crippen LogP contribution is 2.40. The average Bonchev–Trinajstić information content (AvgIpc) is 3.16. The molecule has 3 heterocycles. The fraction of sp³-hybridized carbons (Fsp3) is 0.727. The lowest BCUT2D eigenvalue weighted by atomic mass is 9.81. The molecule has 0 radical (unpaired) electrons. The van der Waals surface area contributed by atoms with Crippen molar-refractivity contribution in [3.8, 4) is 0 Å². The SMILES string of the molecule is CC(C)(F)c1nc2nc([C@@H](N)C3CCC(F)(F)CC3)cn2nc1C[C@H]1C[C@H](C(F)(F)F)CNC1=O. The largest absolute Gasteiger partial charge is 0.393 e. The minimum atomic E-state index is -4.47. The summed E-state index contributed by atoms with van der Waals surface area (Å²) in [6.45, 7) is 1.96. The molecule has 1 aliphatic heterocycles. The van der Waals surface area contributed by atoms with Gasteiger partial charge in [0.25, 0.3) is 5.78 Å². The van der Waals surface area contributed by atoms with Crippen LogP contribution in [0, 0.1) is 17.8 Å². The van der Waals surface area contributed by atoms with Crippen LogP contribution < -0.4 is 11.1 Å². The van der Waals surface area contributed by atoms with Gasteiger partial charge in [0.15, 0.2) is 0 Å². The summed E-state index contributed by atoms with van der Waals surface area (Å²) in [5.74, 6) is -6.21. The highest BCUT2D eigenvalue weighted by molar-refractivity contribution is 5.79.